The maximum absolute atomic E-state index is 5.96. The minimum Gasteiger partial charge on any atom is -0.460 e. The zero-order chi connectivity index (χ0) is 14.0. The van der Waals surface area contributed by atoms with Crippen LogP contribution in [0.1, 0.15) is 6.42 Å². The number of rotatable bonds is 8. The van der Waals surface area contributed by atoms with Crippen molar-refractivity contribution in [2.45, 2.75) is 18.4 Å². The Labute approximate surface area is 127 Å². The highest BCUT2D eigenvalue weighted by Crippen LogP contribution is 2.16. The van der Waals surface area contributed by atoms with Crippen LogP contribution in [0, 0.1) is 0 Å². The highest BCUT2D eigenvalue weighted by Gasteiger charge is 2.12. The third-order valence-corrected chi connectivity index (χ3v) is 4.83. The largest absolute Gasteiger partial charge is 0.460 e. The topological polar surface area (TPSA) is 18.5 Å². The van der Waals surface area contributed by atoms with Gasteiger partial charge in [-0.2, -0.15) is 0 Å². The molecule has 0 aliphatic rings. The summed E-state index contributed by atoms with van der Waals surface area (Å²) in [6.07, 6.45) is 1.03. The van der Waals surface area contributed by atoms with Gasteiger partial charge in [-0.05, 0) is 30.7 Å². The average molecular weight is 307 g/mol. The quantitative estimate of drug-likeness (QED) is 0.321. The van der Waals surface area contributed by atoms with E-state index in [9.17, 15) is 0 Å². The first-order valence-electron chi connectivity index (χ1n) is 6.88. The van der Waals surface area contributed by atoms with Crippen molar-refractivity contribution < 1.29 is 9.47 Å². The second-order valence-corrected chi connectivity index (χ2v) is 6.81. The molecular weight excluding hydrogens is 288 g/mol. The van der Waals surface area contributed by atoms with Gasteiger partial charge in [-0.15, -0.1) is 11.6 Å². The van der Waals surface area contributed by atoms with Crippen LogP contribution in [-0.2, 0) is 0 Å². The Kier molecular flexibility index (Phi) is 6.48. The van der Waals surface area contributed by atoms with E-state index in [4.69, 9.17) is 21.1 Å². The molecule has 0 unspecified atom stereocenters. The smallest absolute Gasteiger partial charge is 0.212 e. The maximum atomic E-state index is 5.96. The summed E-state index contributed by atoms with van der Waals surface area (Å²) in [7, 11) is -0.502. The van der Waals surface area contributed by atoms with Gasteiger partial charge in [0.2, 0.25) is 5.91 Å². The molecule has 2 aromatic rings. The van der Waals surface area contributed by atoms with E-state index in [0.29, 0.717) is 5.88 Å². The Bertz CT molecular complexity index is 437. The third kappa shape index (κ3) is 5.27. The fraction of sp³-hybridized carbons (Fsp3) is 0.250. The van der Waals surface area contributed by atoms with Crippen molar-refractivity contribution in [1.82, 2.24) is 0 Å². The van der Waals surface area contributed by atoms with Crippen molar-refractivity contribution in [2.24, 2.45) is 0 Å². The fourth-order valence-electron chi connectivity index (χ4n) is 1.85. The molecule has 0 atom stereocenters. The minimum atomic E-state index is -0.502. The second kappa shape index (κ2) is 8.66. The molecular formula is C16H19ClO2Si. The first-order chi connectivity index (χ1) is 9.88. The highest BCUT2D eigenvalue weighted by molar-refractivity contribution is 6.36. The van der Waals surface area contributed by atoms with Crippen molar-refractivity contribution in [3.63, 3.8) is 0 Å². The van der Waals surface area contributed by atoms with Gasteiger partial charge >= 0.3 is 0 Å². The zero-order valence-corrected chi connectivity index (χ0v) is 13.5. The SMILES string of the molecule is ClCCC[SiH2]C(Oc1ccccc1)Oc1ccccc1. The van der Waals surface area contributed by atoms with E-state index >= 15 is 0 Å². The monoisotopic (exact) mass is 306 g/mol. The molecule has 2 rings (SSSR count). The Hall–Kier alpha value is -1.45. The van der Waals surface area contributed by atoms with E-state index in [-0.39, 0.29) is 5.91 Å². The van der Waals surface area contributed by atoms with Crippen LogP contribution in [0.2, 0.25) is 6.04 Å². The minimum absolute atomic E-state index is 0.150. The van der Waals surface area contributed by atoms with Crippen molar-refractivity contribution in [1.29, 1.82) is 0 Å². The molecule has 0 aliphatic heterocycles. The summed E-state index contributed by atoms with van der Waals surface area (Å²) in [6.45, 7) is 0. The van der Waals surface area contributed by atoms with Crippen molar-refractivity contribution in [3.05, 3.63) is 60.7 Å². The number of ether oxygens (including phenoxy) is 2. The van der Waals surface area contributed by atoms with Crippen molar-refractivity contribution in [3.8, 4) is 11.5 Å². The number of benzene rings is 2. The normalized spacial score (nSPS) is 11.1. The second-order valence-electron chi connectivity index (χ2n) is 4.48. The summed E-state index contributed by atoms with van der Waals surface area (Å²) >= 11 is 5.75. The predicted octanol–water partition coefficient (Wildman–Crippen LogP) is 3.64. The van der Waals surface area contributed by atoms with Gasteiger partial charge in [-0.1, -0.05) is 42.4 Å². The average Bonchev–Trinajstić information content (AvgIpc) is 2.49. The summed E-state index contributed by atoms with van der Waals surface area (Å²) in [6, 6.07) is 20.8. The molecule has 0 heterocycles. The number of halogens is 1. The van der Waals surface area contributed by atoms with Crippen LogP contribution in [0.4, 0.5) is 0 Å². The Morgan fingerprint density at radius 1 is 0.850 bits per heavy atom. The van der Waals surface area contributed by atoms with Crippen LogP contribution in [0.15, 0.2) is 60.7 Å². The molecule has 0 spiro atoms. The van der Waals surface area contributed by atoms with E-state index in [1.165, 1.54) is 0 Å². The van der Waals surface area contributed by atoms with E-state index in [2.05, 4.69) is 0 Å². The Morgan fingerprint density at radius 3 is 1.80 bits per heavy atom. The van der Waals surface area contributed by atoms with E-state index in [1.54, 1.807) is 0 Å². The molecule has 0 saturated heterocycles. The van der Waals surface area contributed by atoms with E-state index in [1.807, 2.05) is 60.7 Å². The molecule has 0 amide bonds. The lowest BCUT2D eigenvalue weighted by Crippen LogP contribution is -2.30. The molecule has 0 aromatic heterocycles. The molecule has 20 heavy (non-hydrogen) atoms. The van der Waals surface area contributed by atoms with Crippen LogP contribution in [-0.4, -0.2) is 21.3 Å². The van der Waals surface area contributed by atoms with Crippen molar-refractivity contribution in [2.75, 3.05) is 5.88 Å². The predicted molar refractivity (Wildman–Crippen MR) is 86.6 cm³/mol. The summed E-state index contributed by atoms with van der Waals surface area (Å²) in [4.78, 5) is 0. The van der Waals surface area contributed by atoms with Gasteiger partial charge in [-0.3, -0.25) is 0 Å². The van der Waals surface area contributed by atoms with Gasteiger partial charge in [0.15, 0.2) is 0 Å². The Balaban J connectivity index is 1.96. The van der Waals surface area contributed by atoms with Gasteiger partial charge < -0.3 is 9.47 Å². The third-order valence-electron chi connectivity index (χ3n) is 2.84. The van der Waals surface area contributed by atoms with Gasteiger partial charge in [0.1, 0.15) is 21.0 Å². The maximum Gasteiger partial charge on any atom is 0.212 e. The van der Waals surface area contributed by atoms with Crippen LogP contribution in [0.5, 0.6) is 11.5 Å². The molecule has 0 saturated carbocycles. The van der Waals surface area contributed by atoms with Crippen LogP contribution >= 0.6 is 11.6 Å². The molecule has 106 valence electrons. The number of hydrogen-bond donors (Lipinski definition) is 0. The molecule has 0 fully saturated rings. The van der Waals surface area contributed by atoms with Gasteiger partial charge in [-0.25, -0.2) is 0 Å². The van der Waals surface area contributed by atoms with E-state index < -0.39 is 9.52 Å². The van der Waals surface area contributed by atoms with Crippen LogP contribution in [0.3, 0.4) is 0 Å². The number of hydrogen-bond acceptors (Lipinski definition) is 2. The van der Waals surface area contributed by atoms with Gasteiger partial charge in [0, 0.05) is 5.88 Å². The summed E-state index contributed by atoms with van der Waals surface area (Å²) < 4.78 is 11.9. The first-order valence-corrected chi connectivity index (χ1v) is 9.23. The molecule has 4 heteroatoms. The van der Waals surface area contributed by atoms with Crippen LogP contribution in [0.25, 0.3) is 0 Å². The summed E-state index contributed by atoms with van der Waals surface area (Å²) in [5.74, 6) is 2.26. The molecule has 0 N–H and O–H groups in total. The molecule has 2 aromatic carbocycles. The fourth-order valence-corrected chi connectivity index (χ4v) is 3.85. The van der Waals surface area contributed by atoms with Gasteiger partial charge in [0.25, 0.3) is 0 Å². The number of alkyl halides is 1. The van der Waals surface area contributed by atoms with Crippen molar-refractivity contribution >= 4 is 21.1 Å². The van der Waals surface area contributed by atoms with E-state index in [0.717, 1.165) is 24.0 Å². The zero-order valence-electron chi connectivity index (χ0n) is 11.4. The molecule has 0 radical (unpaired) electrons. The first kappa shape index (κ1) is 14.9. The summed E-state index contributed by atoms with van der Waals surface area (Å²) in [5.41, 5.74) is 0. The Morgan fingerprint density at radius 2 is 1.35 bits per heavy atom. The lowest BCUT2D eigenvalue weighted by molar-refractivity contribution is 0.0732. The molecule has 2 nitrogen and oxygen atoms in total. The number of para-hydroxylation sites is 2. The molecule has 0 aliphatic carbocycles. The standard InChI is InChI=1S/C16H19ClO2Si/c17-12-7-13-20-16(18-14-8-3-1-4-9-14)19-15-10-5-2-6-11-15/h1-6,8-11,16H,7,12-13,20H2. The van der Waals surface area contributed by atoms with Crippen LogP contribution < -0.4 is 9.47 Å². The highest BCUT2D eigenvalue weighted by atomic mass is 35.5. The van der Waals surface area contributed by atoms with Gasteiger partial charge in [0.05, 0.1) is 0 Å². The summed E-state index contributed by atoms with van der Waals surface area (Å²) in [5, 5.41) is 0. The molecule has 0 bridgehead atoms. The lowest BCUT2D eigenvalue weighted by atomic mass is 10.3. The lowest BCUT2D eigenvalue weighted by Gasteiger charge is -2.20.